The van der Waals surface area contributed by atoms with Crippen molar-refractivity contribution >= 4 is 9.84 Å². The van der Waals surface area contributed by atoms with Gasteiger partial charge in [0, 0.05) is 0 Å². The van der Waals surface area contributed by atoms with Crippen LogP contribution in [0.15, 0.2) is 0 Å². The third-order valence-electron chi connectivity index (χ3n) is 2.62. The first-order chi connectivity index (χ1) is 4.52. The molecule has 0 spiro atoms. The molecule has 0 amide bonds. The van der Waals surface area contributed by atoms with Crippen molar-refractivity contribution in [2.24, 2.45) is 0 Å². The molecule has 1 atom stereocenters. The molecule has 1 rings (SSSR count). The zero-order chi connectivity index (χ0) is 7.83. The van der Waals surface area contributed by atoms with Crippen molar-refractivity contribution < 1.29 is 8.42 Å². The number of rotatable bonds is 1. The van der Waals surface area contributed by atoms with E-state index >= 15 is 0 Å². The Balaban J connectivity index is 2.98. The number of sulfone groups is 1. The molecule has 1 heterocycles. The van der Waals surface area contributed by atoms with Crippen LogP contribution in [0.5, 0.6) is 0 Å². The maximum atomic E-state index is 11.3. The van der Waals surface area contributed by atoms with E-state index in [0.717, 1.165) is 19.3 Å². The molecule has 1 saturated heterocycles. The van der Waals surface area contributed by atoms with Gasteiger partial charge >= 0.3 is 0 Å². The normalized spacial score (nSPS) is 38.2. The molecule has 0 radical (unpaired) electrons. The molecule has 0 aromatic heterocycles. The van der Waals surface area contributed by atoms with Crippen molar-refractivity contribution in [2.75, 3.05) is 5.75 Å². The summed E-state index contributed by atoms with van der Waals surface area (Å²) in [4.78, 5) is 0. The van der Waals surface area contributed by atoms with E-state index < -0.39 is 14.6 Å². The summed E-state index contributed by atoms with van der Waals surface area (Å²) in [6.45, 7) is 3.80. The van der Waals surface area contributed by atoms with Crippen molar-refractivity contribution in [1.82, 2.24) is 0 Å². The van der Waals surface area contributed by atoms with Gasteiger partial charge in [-0.3, -0.25) is 0 Å². The fourth-order valence-electron chi connectivity index (χ4n) is 1.43. The molecule has 0 aromatic rings. The van der Waals surface area contributed by atoms with Crippen LogP contribution in [0, 0.1) is 0 Å². The molecule has 10 heavy (non-hydrogen) atoms. The summed E-state index contributed by atoms with van der Waals surface area (Å²) in [7, 11) is -2.74. The van der Waals surface area contributed by atoms with Crippen molar-refractivity contribution in [3.05, 3.63) is 0 Å². The standard InChI is InChI=1S/C7H14O2S/c1-3-7(2)5-4-6-10(7,8)9/h3-6H2,1-2H3. The van der Waals surface area contributed by atoms with Gasteiger partial charge in [0.15, 0.2) is 9.84 Å². The fraction of sp³-hybridized carbons (Fsp3) is 1.00. The lowest BCUT2D eigenvalue weighted by atomic mass is 10.0. The fourth-order valence-corrected chi connectivity index (χ4v) is 3.35. The Morgan fingerprint density at radius 1 is 1.50 bits per heavy atom. The van der Waals surface area contributed by atoms with E-state index in [4.69, 9.17) is 0 Å². The average Bonchev–Trinajstić information content (AvgIpc) is 2.10. The van der Waals surface area contributed by atoms with E-state index in [9.17, 15) is 8.42 Å². The molecule has 1 aliphatic heterocycles. The third kappa shape index (κ3) is 0.965. The van der Waals surface area contributed by atoms with Crippen LogP contribution in [-0.2, 0) is 9.84 Å². The summed E-state index contributed by atoms with van der Waals surface area (Å²) in [6.07, 6.45) is 2.47. The Kier molecular flexibility index (Phi) is 1.79. The van der Waals surface area contributed by atoms with Gasteiger partial charge in [0.25, 0.3) is 0 Å². The highest BCUT2D eigenvalue weighted by Crippen LogP contribution is 2.34. The van der Waals surface area contributed by atoms with Crippen LogP contribution in [0.1, 0.15) is 33.1 Å². The van der Waals surface area contributed by atoms with Crippen molar-refractivity contribution in [2.45, 2.75) is 37.9 Å². The highest BCUT2D eigenvalue weighted by molar-refractivity contribution is 7.93. The Morgan fingerprint density at radius 2 is 2.10 bits per heavy atom. The minimum Gasteiger partial charge on any atom is -0.228 e. The minimum absolute atomic E-state index is 0.396. The third-order valence-corrected chi connectivity index (χ3v) is 5.44. The van der Waals surface area contributed by atoms with Crippen LogP contribution in [0.25, 0.3) is 0 Å². The van der Waals surface area contributed by atoms with E-state index in [1.165, 1.54) is 0 Å². The second-order valence-corrected chi connectivity index (χ2v) is 5.85. The van der Waals surface area contributed by atoms with E-state index in [1.807, 2.05) is 13.8 Å². The molecular weight excluding hydrogens is 148 g/mol. The lowest BCUT2D eigenvalue weighted by molar-refractivity contribution is 0.525. The van der Waals surface area contributed by atoms with Gasteiger partial charge in [-0.15, -0.1) is 0 Å². The highest BCUT2D eigenvalue weighted by Gasteiger charge is 2.41. The Morgan fingerprint density at radius 3 is 2.30 bits per heavy atom. The van der Waals surface area contributed by atoms with E-state index in [0.29, 0.717) is 5.75 Å². The van der Waals surface area contributed by atoms with Crippen LogP contribution in [-0.4, -0.2) is 18.9 Å². The predicted molar refractivity (Wildman–Crippen MR) is 41.7 cm³/mol. The van der Waals surface area contributed by atoms with Crippen LogP contribution in [0.4, 0.5) is 0 Å². The molecular formula is C7H14O2S. The van der Waals surface area contributed by atoms with Crippen molar-refractivity contribution in [3.8, 4) is 0 Å². The second kappa shape index (κ2) is 2.22. The summed E-state index contributed by atoms with van der Waals surface area (Å²) < 4.78 is 22.2. The predicted octanol–water partition coefficient (Wildman–Crippen LogP) is 1.36. The Hall–Kier alpha value is -0.0500. The molecule has 1 unspecified atom stereocenters. The van der Waals surface area contributed by atoms with E-state index in [-0.39, 0.29) is 0 Å². The Bertz CT molecular complexity index is 218. The van der Waals surface area contributed by atoms with Gasteiger partial charge in [0.05, 0.1) is 10.5 Å². The molecule has 2 nitrogen and oxygen atoms in total. The molecule has 0 N–H and O–H groups in total. The molecule has 0 aromatic carbocycles. The highest BCUT2D eigenvalue weighted by atomic mass is 32.2. The van der Waals surface area contributed by atoms with Gasteiger partial charge in [0.2, 0.25) is 0 Å². The van der Waals surface area contributed by atoms with Gasteiger partial charge in [-0.05, 0) is 26.2 Å². The summed E-state index contributed by atoms with van der Waals surface area (Å²) in [5.41, 5.74) is 0. The summed E-state index contributed by atoms with van der Waals surface area (Å²) in [6, 6.07) is 0. The van der Waals surface area contributed by atoms with Crippen LogP contribution < -0.4 is 0 Å². The van der Waals surface area contributed by atoms with Crippen LogP contribution in [0.2, 0.25) is 0 Å². The zero-order valence-corrected chi connectivity index (χ0v) is 7.37. The maximum absolute atomic E-state index is 11.3. The molecule has 0 bridgehead atoms. The quantitative estimate of drug-likeness (QED) is 0.583. The molecule has 1 fully saturated rings. The van der Waals surface area contributed by atoms with Crippen molar-refractivity contribution in [3.63, 3.8) is 0 Å². The van der Waals surface area contributed by atoms with Gasteiger partial charge < -0.3 is 0 Å². The molecule has 0 aliphatic carbocycles. The van der Waals surface area contributed by atoms with Crippen LogP contribution >= 0.6 is 0 Å². The first-order valence-electron chi connectivity index (χ1n) is 3.74. The Labute approximate surface area is 62.5 Å². The van der Waals surface area contributed by atoms with Crippen molar-refractivity contribution in [1.29, 1.82) is 0 Å². The van der Waals surface area contributed by atoms with Gasteiger partial charge in [-0.1, -0.05) is 6.92 Å². The molecule has 60 valence electrons. The van der Waals surface area contributed by atoms with Gasteiger partial charge in [-0.25, -0.2) is 8.42 Å². The van der Waals surface area contributed by atoms with E-state index in [1.54, 1.807) is 0 Å². The number of hydrogen-bond donors (Lipinski definition) is 0. The van der Waals surface area contributed by atoms with Gasteiger partial charge in [0.1, 0.15) is 0 Å². The molecule has 1 aliphatic rings. The summed E-state index contributed by atoms with van der Waals surface area (Å²) in [5.74, 6) is 0.400. The maximum Gasteiger partial charge on any atom is 0.155 e. The lowest BCUT2D eigenvalue weighted by Crippen LogP contribution is -2.29. The summed E-state index contributed by atoms with van der Waals surface area (Å²) in [5, 5.41) is 0. The topological polar surface area (TPSA) is 34.1 Å². The smallest absolute Gasteiger partial charge is 0.155 e. The monoisotopic (exact) mass is 162 g/mol. The van der Waals surface area contributed by atoms with E-state index in [2.05, 4.69) is 0 Å². The second-order valence-electron chi connectivity index (χ2n) is 3.23. The molecule has 3 heteroatoms. The lowest BCUT2D eigenvalue weighted by Gasteiger charge is -2.19. The minimum atomic E-state index is -2.74. The van der Waals surface area contributed by atoms with Crippen LogP contribution in [0.3, 0.4) is 0 Å². The first kappa shape index (κ1) is 8.05. The SMILES string of the molecule is CCC1(C)CCCS1(=O)=O. The summed E-state index contributed by atoms with van der Waals surface area (Å²) >= 11 is 0. The first-order valence-corrected chi connectivity index (χ1v) is 5.39. The largest absolute Gasteiger partial charge is 0.228 e. The molecule has 0 saturated carbocycles. The zero-order valence-electron chi connectivity index (χ0n) is 6.55. The average molecular weight is 162 g/mol. The number of hydrogen-bond acceptors (Lipinski definition) is 2. The van der Waals surface area contributed by atoms with Gasteiger partial charge in [-0.2, -0.15) is 0 Å².